The third-order valence-corrected chi connectivity index (χ3v) is 9.45. The van der Waals surface area contributed by atoms with E-state index in [-0.39, 0.29) is 11.4 Å². The highest BCUT2D eigenvalue weighted by Crippen LogP contribution is 2.32. The van der Waals surface area contributed by atoms with Gasteiger partial charge in [0.1, 0.15) is 11.6 Å². The summed E-state index contributed by atoms with van der Waals surface area (Å²) in [6.07, 6.45) is 3.54. The van der Waals surface area contributed by atoms with Crippen LogP contribution in [0.2, 0.25) is 0 Å². The van der Waals surface area contributed by atoms with Gasteiger partial charge >= 0.3 is 0 Å². The fraction of sp³-hybridized carbons (Fsp3) is 0. The molecule has 0 bridgehead atoms. The summed E-state index contributed by atoms with van der Waals surface area (Å²) in [5.74, 6) is -0.660. The normalized spacial score (nSPS) is 11.5. The maximum atomic E-state index is 14.5. The minimum Gasteiger partial charge on any atom is -0.254 e. The van der Waals surface area contributed by atoms with E-state index in [0.29, 0.717) is 22.8 Å². The Kier molecular flexibility index (Phi) is 7.36. The molecule has 0 unspecified atom stereocenters. The van der Waals surface area contributed by atoms with Crippen molar-refractivity contribution in [2.45, 2.75) is 0 Å². The second-order valence-corrected chi connectivity index (χ2v) is 12.9. The molecule has 0 aliphatic rings. The van der Waals surface area contributed by atoms with E-state index in [4.69, 9.17) is 24.9 Å². The van der Waals surface area contributed by atoms with E-state index in [9.17, 15) is 8.78 Å². The highest BCUT2D eigenvalue weighted by atomic mass is 19.1. The zero-order valence-electron chi connectivity index (χ0n) is 28.3. The summed E-state index contributed by atoms with van der Waals surface area (Å²) in [4.78, 5) is 33.7. The maximum Gasteiger partial charge on any atom is 0.164 e. The van der Waals surface area contributed by atoms with Gasteiger partial charge in [0.15, 0.2) is 17.5 Å². The van der Waals surface area contributed by atoms with E-state index in [1.807, 2.05) is 121 Å². The van der Waals surface area contributed by atoms with Crippen LogP contribution in [0.4, 0.5) is 8.78 Å². The molecule has 54 heavy (non-hydrogen) atoms. The van der Waals surface area contributed by atoms with Crippen molar-refractivity contribution in [1.29, 1.82) is 0 Å². The van der Waals surface area contributed by atoms with Gasteiger partial charge in [-0.05, 0) is 48.5 Å². The molecule has 7 nitrogen and oxygen atoms in total. The number of benzene rings is 5. The van der Waals surface area contributed by atoms with Gasteiger partial charge in [-0.15, -0.1) is 0 Å². The fourth-order valence-electron chi connectivity index (χ4n) is 6.85. The van der Waals surface area contributed by atoms with E-state index in [2.05, 4.69) is 9.97 Å². The Morgan fingerprint density at radius 1 is 0.315 bits per heavy atom. The lowest BCUT2D eigenvalue weighted by Crippen LogP contribution is -2.01. The Morgan fingerprint density at radius 3 is 1.20 bits per heavy atom. The van der Waals surface area contributed by atoms with E-state index in [1.54, 1.807) is 12.4 Å². The Balaban J connectivity index is 1.10. The van der Waals surface area contributed by atoms with Gasteiger partial charge in [0.05, 0.1) is 33.5 Å². The number of pyridine rings is 4. The number of fused-ring (bicyclic) bond motifs is 6. The second kappa shape index (κ2) is 12.7. The summed E-state index contributed by atoms with van der Waals surface area (Å²) in [6, 6.07) is 42.8. The van der Waals surface area contributed by atoms with Crippen LogP contribution in [0.15, 0.2) is 152 Å². The van der Waals surface area contributed by atoms with Gasteiger partial charge < -0.3 is 0 Å². The van der Waals surface area contributed by atoms with Crippen LogP contribution in [-0.4, -0.2) is 34.9 Å². The molecule has 5 aromatic heterocycles. The zero-order valence-corrected chi connectivity index (χ0v) is 28.3. The Morgan fingerprint density at radius 2 is 0.722 bits per heavy atom. The Labute approximate surface area is 306 Å². The van der Waals surface area contributed by atoms with Gasteiger partial charge in [-0.2, -0.15) is 0 Å². The van der Waals surface area contributed by atoms with Crippen molar-refractivity contribution in [3.05, 3.63) is 164 Å². The molecule has 0 aliphatic carbocycles. The first-order chi connectivity index (χ1) is 26.5. The third kappa shape index (κ3) is 5.64. The maximum absolute atomic E-state index is 14.5. The molecule has 0 spiro atoms. The molecule has 0 saturated heterocycles. The van der Waals surface area contributed by atoms with Crippen molar-refractivity contribution >= 4 is 43.6 Å². The van der Waals surface area contributed by atoms with Crippen molar-refractivity contribution in [3.63, 3.8) is 0 Å². The Bertz CT molecular complexity index is 2910. The lowest BCUT2D eigenvalue weighted by atomic mass is 10.0. The predicted molar refractivity (Wildman–Crippen MR) is 208 cm³/mol. The van der Waals surface area contributed by atoms with Crippen LogP contribution in [-0.2, 0) is 0 Å². The van der Waals surface area contributed by atoms with Crippen LogP contribution >= 0.6 is 0 Å². The molecule has 0 fully saturated rings. The molecular formula is C45H25F2N7. The summed E-state index contributed by atoms with van der Waals surface area (Å²) in [6.45, 7) is 0. The quantitative estimate of drug-likeness (QED) is 0.165. The first kappa shape index (κ1) is 31.4. The first-order valence-electron chi connectivity index (χ1n) is 17.3. The van der Waals surface area contributed by atoms with Gasteiger partial charge in [0, 0.05) is 67.8 Å². The summed E-state index contributed by atoms with van der Waals surface area (Å²) < 4.78 is 29.1. The van der Waals surface area contributed by atoms with Crippen LogP contribution in [0.3, 0.4) is 0 Å². The number of aromatic nitrogens is 7. The van der Waals surface area contributed by atoms with E-state index in [1.165, 1.54) is 12.1 Å². The number of rotatable bonds is 5. The minimum atomic E-state index is -0.730. The zero-order chi connectivity index (χ0) is 36.2. The van der Waals surface area contributed by atoms with Crippen molar-refractivity contribution in [3.8, 4) is 56.7 Å². The highest BCUT2D eigenvalue weighted by molar-refractivity contribution is 6.04. The van der Waals surface area contributed by atoms with E-state index >= 15 is 0 Å². The highest BCUT2D eigenvalue weighted by Gasteiger charge is 2.16. The number of hydrogen-bond acceptors (Lipinski definition) is 7. The minimum absolute atomic E-state index is 0.131. The predicted octanol–water partition coefficient (Wildman–Crippen LogP) is 10.7. The molecule has 0 aliphatic heterocycles. The van der Waals surface area contributed by atoms with Crippen molar-refractivity contribution < 1.29 is 8.78 Å². The smallest absolute Gasteiger partial charge is 0.164 e. The van der Waals surface area contributed by atoms with Gasteiger partial charge in [-0.3, -0.25) is 9.97 Å². The van der Waals surface area contributed by atoms with Crippen LogP contribution in [0.1, 0.15) is 0 Å². The van der Waals surface area contributed by atoms with Crippen molar-refractivity contribution in [1.82, 2.24) is 34.9 Å². The topological polar surface area (TPSA) is 90.2 Å². The monoisotopic (exact) mass is 701 g/mol. The molecule has 5 heterocycles. The third-order valence-electron chi connectivity index (χ3n) is 9.45. The molecule has 5 aromatic carbocycles. The average molecular weight is 702 g/mol. The molecule has 0 saturated carbocycles. The SMILES string of the molecule is Fc1cc(F)cc(-c2nc(-c3cccc(-c4ccc5ccc6cccnc6c5n4)c3)nc(-c3cccc(-c4ccc5ccc6cccnc6c5n4)c3)n2)c1. The summed E-state index contributed by atoms with van der Waals surface area (Å²) in [5, 5.41) is 3.99. The van der Waals surface area contributed by atoms with Gasteiger partial charge in [0.2, 0.25) is 0 Å². The second-order valence-electron chi connectivity index (χ2n) is 12.9. The lowest BCUT2D eigenvalue weighted by Gasteiger charge is -2.11. The van der Waals surface area contributed by atoms with Crippen LogP contribution < -0.4 is 0 Å². The molecule has 9 heteroatoms. The first-order valence-corrected chi connectivity index (χ1v) is 17.3. The summed E-state index contributed by atoms with van der Waals surface area (Å²) >= 11 is 0. The van der Waals surface area contributed by atoms with Crippen molar-refractivity contribution in [2.75, 3.05) is 0 Å². The van der Waals surface area contributed by atoms with E-state index in [0.717, 1.165) is 72.2 Å². The molecule has 0 radical (unpaired) electrons. The molecule has 254 valence electrons. The molecule has 0 N–H and O–H groups in total. The van der Waals surface area contributed by atoms with Gasteiger partial charge in [0.25, 0.3) is 0 Å². The standard InChI is InChI=1S/C45H25F2N7/c46-35-23-34(24-36(47)25-35)45-53-43(32-7-1-5-30(21-32)37-17-15-28-13-11-26-9-3-19-48-39(26)41(28)50-37)52-44(54-45)33-8-2-6-31(22-33)38-18-16-29-14-12-27-10-4-20-49-40(27)42(29)51-38/h1-25H. The molecule has 10 rings (SSSR count). The van der Waals surface area contributed by atoms with Crippen LogP contribution in [0, 0.1) is 11.6 Å². The summed E-state index contributed by atoms with van der Waals surface area (Å²) in [5.41, 5.74) is 8.00. The lowest BCUT2D eigenvalue weighted by molar-refractivity contribution is 0.584. The van der Waals surface area contributed by atoms with Crippen LogP contribution in [0.5, 0.6) is 0 Å². The molecule has 10 aromatic rings. The van der Waals surface area contributed by atoms with Gasteiger partial charge in [-0.1, -0.05) is 84.9 Å². The molecular weight excluding hydrogens is 677 g/mol. The molecule has 0 amide bonds. The number of hydrogen-bond donors (Lipinski definition) is 0. The average Bonchev–Trinajstić information content (AvgIpc) is 3.23. The Hall–Kier alpha value is -7.39. The number of halogens is 2. The van der Waals surface area contributed by atoms with Crippen molar-refractivity contribution in [2.24, 2.45) is 0 Å². The number of nitrogens with zero attached hydrogens (tertiary/aromatic N) is 7. The van der Waals surface area contributed by atoms with Crippen LogP contribution in [0.25, 0.3) is 100 Å². The fourth-order valence-corrected chi connectivity index (χ4v) is 6.85. The van der Waals surface area contributed by atoms with E-state index < -0.39 is 11.6 Å². The largest absolute Gasteiger partial charge is 0.254 e. The van der Waals surface area contributed by atoms with Gasteiger partial charge in [-0.25, -0.2) is 33.7 Å². The summed E-state index contributed by atoms with van der Waals surface area (Å²) in [7, 11) is 0. The molecule has 0 atom stereocenters.